The number of amides is 9. The summed E-state index contributed by atoms with van der Waals surface area (Å²) >= 11 is 0. The van der Waals surface area contributed by atoms with Crippen LogP contribution < -0.4 is 21.7 Å². The summed E-state index contributed by atoms with van der Waals surface area (Å²) in [4.78, 5) is 126. The highest BCUT2D eigenvalue weighted by Crippen LogP contribution is 2.33. The summed E-state index contributed by atoms with van der Waals surface area (Å²) in [5.41, 5.74) is 5.61. The Morgan fingerprint density at radius 1 is 0.750 bits per heavy atom. The predicted octanol–water partition coefficient (Wildman–Crippen LogP) is 2.21. The van der Waals surface area contributed by atoms with Crippen LogP contribution in [0.25, 0.3) is 0 Å². The molecule has 52 heavy (non-hydrogen) atoms. The molecule has 2 atom stereocenters. The van der Waals surface area contributed by atoms with Crippen LogP contribution in [0.15, 0.2) is 36.4 Å². The number of hydrogen-bond acceptors (Lipinski definition) is 10. The van der Waals surface area contributed by atoms with Gasteiger partial charge in [0.15, 0.2) is 0 Å². The van der Waals surface area contributed by atoms with Gasteiger partial charge in [-0.2, -0.15) is 0 Å². The normalized spacial score (nSPS) is 17.1. The number of carbonyl (C=O) groups excluding carboxylic acids is 10. The van der Waals surface area contributed by atoms with Crippen molar-refractivity contribution in [2.75, 3.05) is 10.6 Å². The highest BCUT2D eigenvalue weighted by Gasteiger charge is 2.46. The number of rotatable bonds is 17. The molecule has 2 aromatic carbocycles. The minimum Gasteiger partial charge on any atom is -0.370 e. The average molecular weight is 715 g/mol. The minimum atomic E-state index is -1.17. The number of fused-ring (bicyclic) bond motifs is 2. The molecule has 0 aromatic heterocycles. The lowest BCUT2D eigenvalue weighted by Crippen LogP contribution is -2.54. The smallest absolute Gasteiger partial charge is 0.264 e. The topological polar surface area (TPSA) is 239 Å². The van der Waals surface area contributed by atoms with Crippen LogP contribution in [-0.4, -0.2) is 81.3 Å². The zero-order valence-corrected chi connectivity index (χ0v) is 28.2. The SMILES string of the molecule is NC(=O)CCC(C=O)N1C(=O)c2cccc(NC(=O)CCCCCCCCC(=O)Nc3cccc4c3C(=O)N(C3CCC(=O)NC3=O)C4=O)c2C1=O. The molecule has 1 fully saturated rings. The van der Waals surface area contributed by atoms with Gasteiger partial charge in [-0.15, -0.1) is 0 Å². The summed E-state index contributed by atoms with van der Waals surface area (Å²) in [6.07, 6.45) is 4.68. The van der Waals surface area contributed by atoms with Crippen LogP contribution in [0.4, 0.5) is 11.4 Å². The first-order valence-electron chi connectivity index (χ1n) is 17.1. The second kappa shape index (κ2) is 16.3. The predicted molar refractivity (Wildman–Crippen MR) is 183 cm³/mol. The Bertz CT molecular complexity index is 1870. The van der Waals surface area contributed by atoms with Gasteiger partial charge in [-0.1, -0.05) is 37.8 Å². The van der Waals surface area contributed by atoms with Gasteiger partial charge < -0.3 is 21.2 Å². The van der Waals surface area contributed by atoms with Crippen molar-refractivity contribution in [3.63, 3.8) is 0 Å². The summed E-state index contributed by atoms with van der Waals surface area (Å²) in [5.74, 6) is -5.34. The lowest BCUT2D eigenvalue weighted by Gasteiger charge is -2.27. The largest absolute Gasteiger partial charge is 0.370 e. The van der Waals surface area contributed by atoms with Crippen LogP contribution in [-0.2, 0) is 28.8 Å². The number of carbonyl (C=O) groups is 10. The quantitative estimate of drug-likeness (QED) is 0.106. The van der Waals surface area contributed by atoms with Crippen LogP contribution in [0.5, 0.6) is 0 Å². The van der Waals surface area contributed by atoms with E-state index in [1.165, 1.54) is 36.4 Å². The van der Waals surface area contributed by atoms with Crippen molar-refractivity contribution in [2.45, 2.75) is 89.1 Å². The van der Waals surface area contributed by atoms with Crippen molar-refractivity contribution in [1.82, 2.24) is 15.1 Å². The molecule has 3 aliphatic heterocycles. The number of aldehydes is 1. The van der Waals surface area contributed by atoms with Crippen LogP contribution in [0.2, 0.25) is 0 Å². The number of benzene rings is 2. The van der Waals surface area contributed by atoms with Crippen molar-refractivity contribution in [2.24, 2.45) is 5.73 Å². The fourth-order valence-corrected chi connectivity index (χ4v) is 6.58. The van der Waals surface area contributed by atoms with Gasteiger partial charge in [0.1, 0.15) is 12.3 Å². The van der Waals surface area contributed by atoms with Gasteiger partial charge in [0.2, 0.25) is 29.5 Å². The summed E-state index contributed by atoms with van der Waals surface area (Å²) < 4.78 is 0. The molecule has 0 bridgehead atoms. The molecule has 1 saturated heterocycles. The summed E-state index contributed by atoms with van der Waals surface area (Å²) in [6, 6.07) is 6.68. The number of nitrogens with two attached hydrogens (primary N) is 1. The Balaban J connectivity index is 1.02. The number of piperidine rings is 1. The van der Waals surface area contributed by atoms with Crippen molar-refractivity contribution in [1.29, 1.82) is 0 Å². The van der Waals surface area contributed by atoms with Gasteiger partial charge in [-0.05, 0) is 49.9 Å². The first-order chi connectivity index (χ1) is 24.9. The Morgan fingerprint density at radius 3 is 1.83 bits per heavy atom. The Kier molecular flexibility index (Phi) is 11.7. The third-order valence-electron chi connectivity index (χ3n) is 9.20. The number of primary amides is 1. The van der Waals surface area contributed by atoms with Gasteiger partial charge >= 0.3 is 0 Å². The first kappa shape index (κ1) is 37.2. The molecule has 5 rings (SSSR count). The molecule has 272 valence electrons. The van der Waals surface area contributed by atoms with Crippen LogP contribution in [0, 0.1) is 0 Å². The molecule has 0 spiro atoms. The number of unbranched alkanes of at least 4 members (excludes halogenated alkanes) is 5. The molecule has 9 amide bonds. The number of nitrogens with zero attached hydrogens (tertiary/aromatic N) is 2. The number of anilines is 2. The van der Waals surface area contributed by atoms with E-state index in [1.807, 2.05) is 0 Å². The molecule has 3 heterocycles. The molecule has 3 aliphatic rings. The van der Waals surface area contributed by atoms with Crippen LogP contribution >= 0.6 is 0 Å². The second-order valence-electron chi connectivity index (χ2n) is 12.8. The molecule has 5 N–H and O–H groups in total. The molecule has 0 saturated carbocycles. The average Bonchev–Trinajstić information content (AvgIpc) is 3.51. The van der Waals surface area contributed by atoms with E-state index in [1.54, 1.807) is 0 Å². The van der Waals surface area contributed by atoms with Crippen molar-refractivity contribution in [3.05, 3.63) is 58.7 Å². The highest BCUT2D eigenvalue weighted by atomic mass is 16.2. The Morgan fingerprint density at radius 2 is 1.29 bits per heavy atom. The van der Waals surface area contributed by atoms with E-state index in [4.69, 9.17) is 5.73 Å². The first-order valence-corrected chi connectivity index (χ1v) is 17.1. The maximum Gasteiger partial charge on any atom is 0.264 e. The maximum absolute atomic E-state index is 13.2. The van der Waals surface area contributed by atoms with E-state index in [-0.39, 0.29) is 84.0 Å². The highest BCUT2D eigenvalue weighted by molar-refractivity contribution is 6.26. The third-order valence-corrected chi connectivity index (χ3v) is 9.20. The molecular weight excluding hydrogens is 676 g/mol. The molecule has 0 radical (unpaired) electrons. The molecular formula is C36H38N6O10. The van der Waals surface area contributed by atoms with E-state index in [0.29, 0.717) is 19.1 Å². The van der Waals surface area contributed by atoms with Crippen molar-refractivity contribution < 1.29 is 47.9 Å². The van der Waals surface area contributed by atoms with E-state index in [0.717, 1.165) is 35.5 Å². The Labute approximate surface area is 297 Å². The molecule has 2 aromatic rings. The van der Waals surface area contributed by atoms with Gasteiger partial charge in [0, 0.05) is 25.7 Å². The third kappa shape index (κ3) is 7.95. The summed E-state index contributed by atoms with van der Waals surface area (Å²) in [6.45, 7) is 0. The van der Waals surface area contributed by atoms with Gasteiger partial charge in [0.05, 0.1) is 39.7 Å². The molecule has 2 unspecified atom stereocenters. The van der Waals surface area contributed by atoms with Gasteiger partial charge in [-0.25, -0.2) is 0 Å². The van der Waals surface area contributed by atoms with E-state index < -0.39 is 53.4 Å². The number of imide groups is 3. The number of nitrogens with one attached hydrogen (secondary N) is 3. The fraction of sp³-hybridized carbons (Fsp3) is 0.389. The fourth-order valence-electron chi connectivity index (χ4n) is 6.58. The van der Waals surface area contributed by atoms with Gasteiger partial charge in [0.25, 0.3) is 23.6 Å². The van der Waals surface area contributed by atoms with E-state index in [9.17, 15) is 47.9 Å². The summed E-state index contributed by atoms with van der Waals surface area (Å²) in [5, 5.41) is 7.55. The monoisotopic (exact) mass is 714 g/mol. The second-order valence-corrected chi connectivity index (χ2v) is 12.8. The van der Waals surface area contributed by atoms with E-state index >= 15 is 0 Å². The van der Waals surface area contributed by atoms with Crippen LogP contribution in [0.1, 0.15) is 118 Å². The Hall–Kier alpha value is -6.06. The lowest BCUT2D eigenvalue weighted by atomic mass is 10.0. The molecule has 16 heteroatoms. The standard InChI is InChI=1S/C36H38N6O10/c37-26(44)17-15-20(19-43)41-33(49)21-9-7-11-23(30(21)35(41)51)38-27(45)13-5-3-1-2-4-6-14-28(46)39-24-12-8-10-22-31(24)36(52)42(34(22)50)25-16-18-29(47)40-32(25)48/h7-12,19-20,25H,1-6,13-18H2,(H2,37,44)(H,38,45)(H,39,46)(H,40,47,48). The lowest BCUT2D eigenvalue weighted by molar-refractivity contribution is -0.136. The van der Waals surface area contributed by atoms with Crippen molar-refractivity contribution in [3.8, 4) is 0 Å². The summed E-state index contributed by atoms with van der Waals surface area (Å²) in [7, 11) is 0. The zero-order chi connectivity index (χ0) is 37.5. The maximum atomic E-state index is 13.2. The van der Waals surface area contributed by atoms with Crippen LogP contribution in [0.3, 0.4) is 0 Å². The number of hydrogen-bond donors (Lipinski definition) is 4. The molecule has 16 nitrogen and oxygen atoms in total. The minimum absolute atomic E-state index is 0.000499. The van der Waals surface area contributed by atoms with Crippen molar-refractivity contribution >= 4 is 70.8 Å². The van der Waals surface area contributed by atoms with Gasteiger partial charge in [-0.3, -0.25) is 58.3 Å². The zero-order valence-electron chi connectivity index (χ0n) is 28.2. The van der Waals surface area contributed by atoms with E-state index in [2.05, 4.69) is 16.0 Å². The molecule has 0 aliphatic carbocycles.